The fourth-order valence-corrected chi connectivity index (χ4v) is 2.08. The molecule has 1 atom stereocenters. The summed E-state index contributed by atoms with van der Waals surface area (Å²) in [7, 11) is 1.98. The second-order valence-electron chi connectivity index (χ2n) is 4.86. The molecule has 1 aliphatic rings. The summed E-state index contributed by atoms with van der Waals surface area (Å²) in [6.45, 7) is 3.36. The van der Waals surface area contributed by atoms with Crippen LogP contribution in [-0.4, -0.2) is 20.4 Å². The first-order valence-electron chi connectivity index (χ1n) is 6.81. The van der Waals surface area contributed by atoms with Crippen LogP contribution in [0.2, 0.25) is 0 Å². The Morgan fingerprint density at radius 2 is 2.11 bits per heavy atom. The molecule has 1 aromatic carbocycles. The van der Waals surface area contributed by atoms with Gasteiger partial charge in [0, 0.05) is 11.6 Å². The molecular weight excluding hydrogens is 226 g/mol. The summed E-state index contributed by atoms with van der Waals surface area (Å²) in [5.74, 6) is 1.71. The van der Waals surface area contributed by atoms with Crippen molar-refractivity contribution in [3.05, 3.63) is 29.8 Å². The van der Waals surface area contributed by atoms with E-state index in [-0.39, 0.29) is 0 Å². The molecule has 1 saturated carbocycles. The second-order valence-corrected chi connectivity index (χ2v) is 4.86. The minimum atomic E-state index is 0.338. The normalized spacial score (nSPS) is 16.6. The predicted molar refractivity (Wildman–Crippen MR) is 72.7 cm³/mol. The third kappa shape index (κ3) is 3.72. The molecule has 0 aliphatic heterocycles. The summed E-state index contributed by atoms with van der Waals surface area (Å²) >= 11 is 0. The maximum Gasteiger partial charge on any atom is 0.189 e. The Balaban J connectivity index is 1.88. The second kappa shape index (κ2) is 6.76. The van der Waals surface area contributed by atoms with Crippen molar-refractivity contribution in [2.24, 2.45) is 5.92 Å². The average molecular weight is 249 g/mol. The third-order valence-corrected chi connectivity index (χ3v) is 3.40. The highest BCUT2D eigenvalue weighted by molar-refractivity contribution is 5.35. The van der Waals surface area contributed by atoms with Gasteiger partial charge in [0.2, 0.25) is 0 Å². The molecule has 18 heavy (non-hydrogen) atoms. The lowest BCUT2D eigenvalue weighted by molar-refractivity contribution is 0.00920. The quantitative estimate of drug-likeness (QED) is 0.567. The lowest BCUT2D eigenvalue weighted by Gasteiger charge is -2.18. The van der Waals surface area contributed by atoms with Gasteiger partial charge in [0.05, 0.1) is 6.61 Å². The van der Waals surface area contributed by atoms with Gasteiger partial charge in [0.25, 0.3) is 0 Å². The summed E-state index contributed by atoms with van der Waals surface area (Å²) in [5, 5.41) is 3.31. The monoisotopic (exact) mass is 249 g/mol. The van der Waals surface area contributed by atoms with Crippen LogP contribution in [0.4, 0.5) is 0 Å². The molecule has 1 aliphatic carbocycles. The Labute approximate surface area is 109 Å². The number of nitrogens with one attached hydrogen (secondary N) is 1. The van der Waals surface area contributed by atoms with E-state index in [1.165, 1.54) is 18.4 Å². The highest BCUT2D eigenvalue weighted by Gasteiger charge is 2.21. The van der Waals surface area contributed by atoms with E-state index in [0.29, 0.717) is 12.8 Å². The van der Waals surface area contributed by atoms with Crippen LogP contribution < -0.4 is 10.1 Å². The Hall–Kier alpha value is -1.06. The van der Waals surface area contributed by atoms with Gasteiger partial charge in [-0.25, -0.2) is 0 Å². The first kappa shape index (κ1) is 13.4. The molecular formula is C15H23NO2. The van der Waals surface area contributed by atoms with Crippen LogP contribution in [-0.2, 0) is 4.74 Å². The largest absolute Gasteiger partial charge is 0.467 e. The standard InChI is InChI=1S/C15H23NO2/c1-3-14(16-2)13-6-4-5-7-15(13)18-11-17-10-12-8-9-12/h4-7,12,14,16H,3,8-11H2,1-2H3. The van der Waals surface area contributed by atoms with Crippen LogP contribution in [0.5, 0.6) is 5.75 Å². The van der Waals surface area contributed by atoms with Crippen molar-refractivity contribution < 1.29 is 9.47 Å². The van der Waals surface area contributed by atoms with E-state index >= 15 is 0 Å². The minimum absolute atomic E-state index is 0.338. The van der Waals surface area contributed by atoms with E-state index in [9.17, 15) is 0 Å². The topological polar surface area (TPSA) is 30.5 Å². The van der Waals surface area contributed by atoms with Crippen molar-refractivity contribution in [2.45, 2.75) is 32.2 Å². The van der Waals surface area contributed by atoms with Gasteiger partial charge in [-0.1, -0.05) is 25.1 Å². The summed E-state index contributed by atoms with van der Waals surface area (Å²) in [6, 6.07) is 8.51. The maximum absolute atomic E-state index is 5.74. The molecule has 0 bridgehead atoms. The molecule has 1 unspecified atom stereocenters. The molecule has 0 radical (unpaired) electrons. The van der Waals surface area contributed by atoms with Gasteiger partial charge in [0.1, 0.15) is 5.75 Å². The van der Waals surface area contributed by atoms with Crippen LogP contribution in [0.15, 0.2) is 24.3 Å². The molecule has 0 saturated heterocycles. The molecule has 1 fully saturated rings. The number of hydrogen-bond acceptors (Lipinski definition) is 3. The highest BCUT2D eigenvalue weighted by Crippen LogP contribution is 2.29. The van der Waals surface area contributed by atoms with Gasteiger partial charge >= 0.3 is 0 Å². The maximum atomic E-state index is 5.74. The molecule has 0 amide bonds. The van der Waals surface area contributed by atoms with Crippen LogP contribution >= 0.6 is 0 Å². The van der Waals surface area contributed by atoms with Crippen molar-refractivity contribution in [1.82, 2.24) is 5.32 Å². The number of para-hydroxylation sites is 1. The van der Waals surface area contributed by atoms with E-state index in [1.807, 2.05) is 25.2 Å². The van der Waals surface area contributed by atoms with Crippen LogP contribution in [0, 0.1) is 5.92 Å². The van der Waals surface area contributed by atoms with Crippen LogP contribution in [0.3, 0.4) is 0 Å². The molecule has 0 heterocycles. The van der Waals surface area contributed by atoms with Gasteiger partial charge in [-0.3, -0.25) is 0 Å². The zero-order chi connectivity index (χ0) is 12.8. The molecule has 1 N–H and O–H groups in total. The van der Waals surface area contributed by atoms with Crippen molar-refractivity contribution in [3.63, 3.8) is 0 Å². The number of benzene rings is 1. The molecule has 2 rings (SSSR count). The lowest BCUT2D eigenvalue weighted by Crippen LogP contribution is -2.17. The minimum Gasteiger partial charge on any atom is -0.467 e. The Morgan fingerprint density at radius 3 is 2.78 bits per heavy atom. The van der Waals surface area contributed by atoms with Gasteiger partial charge in [-0.2, -0.15) is 0 Å². The smallest absolute Gasteiger partial charge is 0.189 e. The van der Waals surface area contributed by atoms with Crippen molar-refractivity contribution in [2.75, 3.05) is 20.4 Å². The third-order valence-electron chi connectivity index (χ3n) is 3.40. The van der Waals surface area contributed by atoms with Crippen molar-refractivity contribution in [1.29, 1.82) is 0 Å². The number of hydrogen-bond donors (Lipinski definition) is 1. The number of rotatable bonds is 8. The summed E-state index contributed by atoms with van der Waals surface area (Å²) in [4.78, 5) is 0. The fourth-order valence-electron chi connectivity index (χ4n) is 2.08. The van der Waals surface area contributed by atoms with E-state index in [0.717, 1.165) is 24.7 Å². The molecule has 3 nitrogen and oxygen atoms in total. The average Bonchev–Trinajstić information content (AvgIpc) is 3.22. The van der Waals surface area contributed by atoms with Gasteiger partial charge < -0.3 is 14.8 Å². The van der Waals surface area contributed by atoms with Crippen molar-refractivity contribution >= 4 is 0 Å². The molecule has 1 aromatic rings. The zero-order valence-electron chi connectivity index (χ0n) is 11.3. The lowest BCUT2D eigenvalue weighted by atomic mass is 10.0. The SMILES string of the molecule is CCC(NC)c1ccccc1OCOCC1CC1. The summed E-state index contributed by atoms with van der Waals surface area (Å²) < 4.78 is 11.3. The van der Waals surface area contributed by atoms with Gasteiger partial charge in [-0.05, 0) is 38.3 Å². The number of ether oxygens (including phenoxy) is 2. The molecule has 0 spiro atoms. The summed E-state index contributed by atoms with van der Waals surface area (Å²) in [6.07, 6.45) is 3.67. The predicted octanol–water partition coefficient (Wildman–Crippen LogP) is 3.12. The zero-order valence-corrected chi connectivity index (χ0v) is 11.3. The Morgan fingerprint density at radius 1 is 1.33 bits per heavy atom. The van der Waals surface area contributed by atoms with E-state index in [2.05, 4.69) is 18.3 Å². The van der Waals surface area contributed by atoms with Crippen LogP contribution in [0.1, 0.15) is 37.8 Å². The van der Waals surface area contributed by atoms with Gasteiger partial charge in [-0.15, -0.1) is 0 Å². The Bertz CT molecular complexity index is 359. The Kier molecular flexibility index (Phi) is 5.02. The van der Waals surface area contributed by atoms with E-state index in [4.69, 9.17) is 9.47 Å². The highest BCUT2D eigenvalue weighted by atomic mass is 16.7. The van der Waals surface area contributed by atoms with E-state index < -0.39 is 0 Å². The van der Waals surface area contributed by atoms with Crippen molar-refractivity contribution in [3.8, 4) is 5.75 Å². The molecule has 100 valence electrons. The van der Waals surface area contributed by atoms with E-state index in [1.54, 1.807) is 0 Å². The van der Waals surface area contributed by atoms with Crippen LogP contribution in [0.25, 0.3) is 0 Å². The summed E-state index contributed by atoms with van der Waals surface area (Å²) in [5.41, 5.74) is 1.21. The first-order valence-corrected chi connectivity index (χ1v) is 6.81. The first-order chi connectivity index (χ1) is 8.85. The van der Waals surface area contributed by atoms with Gasteiger partial charge in [0.15, 0.2) is 6.79 Å². The molecule has 3 heteroatoms. The fraction of sp³-hybridized carbons (Fsp3) is 0.600. The molecule has 0 aromatic heterocycles.